The minimum atomic E-state index is -4.75. The summed E-state index contributed by atoms with van der Waals surface area (Å²) in [4.78, 5) is 21.6. The van der Waals surface area contributed by atoms with Crippen molar-refractivity contribution < 1.29 is 41.0 Å². The minimum absolute atomic E-state index is 0.0272. The number of carbonyl (C=O) groups is 1. The van der Waals surface area contributed by atoms with Crippen molar-refractivity contribution in [3.63, 3.8) is 0 Å². The highest BCUT2D eigenvalue weighted by atomic mass is 32.2. The van der Waals surface area contributed by atoms with Crippen molar-refractivity contribution in [3.8, 4) is 5.88 Å². The Morgan fingerprint density at radius 1 is 1.08 bits per heavy atom. The van der Waals surface area contributed by atoms with Crippen molar-refractivity contribution in [2.45, 2.75) is 76.6 Å². The van der Waals surface area contributed by atoms with E-state index < -0.39 is 44.9 Å². The molecule has 1 spiro atoms. The number of nitrogens with zero attached hydrogens (tertiary/aromatic N) is 6. The van der Waals surface area contributed by atoms with Crippen LogP contribution in [0.2, 0.25) is 0 Å². The molecule has 1 unspecified atom stereocenters. The maximum Gasteiger partial charge on any atom is 0.452 e. The zero-order valence-corrected chi connectivity index (χ0v) is 27.8. The van der Waals surface area contributed by atoms with Gasteiger partial charge in [0.1, 0.15) is 10.5 Å². The third-order valence-corrected chi connectivity index (χ3v) is 11.1. The summed E-state index contributed by atoms with van der Waals surface area (Å²) in [6.07, 6.45) is 0.424. The molecule has 12 nitrogen and oxygen atoms in total. The molecule has 0 aromatic carbocycles. The van der Waals surface area contributed by atoms with E-state index in [9.17, 15) is 31.5 Å². The van der Waals surface area contributed by atoms with Crippen LogP contribution in [0.1, 0.15) is 71.9 Å². The van der Waals surface area contributed by atoms with E-state index in [1.165, 1.54) is 36.5 Å². The first-order valence-corrected chi connectivity index (χ1v) is 16.7. The Labute approximate surface area is 275 Å². The summed E-state index contributed by atoms with van der Waals surface area (Å²) in [5.41, 5.74) is 0.417. The Hall–Kier alpha value is -4.15. The summed E-state index contributed by atoms with van der Waals surface area (Å²) in [5, 5.41) is 17.5. The van der Waals surface area contributed by atoms with E-state index in [0.717, 1.165) is 4.40 Å². The van der Waals surface area contributed by atoms with Gasteiger partial charge in [0.25, 0.3) is 0 Å². The lowest BCUT2D eigenvalue weighted by molar-refractivity contribution is -0.147. The number of aromatic nitrogens is 5. The van der Waals surface area contributed by atoms with Crippen LogP contribution in [-0.2, 0) is 32.3 Å². The van der Waals surface area contributed by atoms with E-state index in [0.29, 0.717) is 59.6 Å². The van der Waals surface area contributed by atoms with Crippen molar-refractivity contribution in [2.24, 2.45) is 5.41 Å². The average molecular weight is 689 g/mol. The number of pyridine rings is 3. The van der Waals surface area contributed by atoms with E-state index >= 15 is 0 Å². The zero-order chi connectivity index (χ0) is 34.8. The number of fused-ring (bicyclic) bond motifs is 2. The first-order valence-electron chi connectivity index (χ1n) is 15.3. The SMILES string of the molecule is Cc1cnc2c(c1)S(=O)(=O)N(Cc1cc(C(c3ccn4c(C(F)(F)F)nnc4c3C)C(C)(C)C(=O)O)ncc1C)CC1(CCOCC1)O2. The molecule has 0 amide bonds. The first kappa shape index (κ1) is 33.7. The number of alkyl halides is 3. The second-order valence-corrected chi connectivity index (χ2v) is 15.0. The van der Waals surface area contributed by atoms with Crippen LogP contribution in [0.5, 0.6) is 5.88 Å². The molecule has 6 heterocycles. The van der Waals surface area contributed by atoms with E-state index in [2.05, 4.69) is 20.2 Å². The number of halogens is 3. The van der Waals surface area contributed by atoms with Crippen LogP contribution in [0.15, 0.2) is 41.7 Å². The minimum Gasteiger partial charge on any atom is -0.481 e. The summed E-state index contributed by atoms with van der Waals surface area (Å²) >= 11 is 0. The van der Waals surface area contributed by atoms with Crippen molar-refractivity contribution in [1.29, 1.82) is 0 Å². The van der Waals surface area contributed by atoms with Crippen LogP contribution in [0, 0.1) is 26.2 Å². The molecule has 4 aromatic rings. The van der Waals surface area contributed by atoms with Crippen molar-refractivity contribution in [1.82, 2.24) is 28.9 Å². The van der Waals surface area contributed by atoms with Crippen molar-refractivity contribution in [2.75, 3.05) is 19.8 Å². The van der Waals surface area contributed by atoms with Crippen LogP contribution in [0.4, 0.5) is 13.2 Å². The predicted molar refractivity (Wildman–Crippen MR) is 165 cm³/mol. The molecule has 1 atom stereocenters. The van der Waals surface area contributed by atoms with Gasteiger partial charge in [0.2, 0.25) is 21.7 Å². The van der Waals surface area contributed by atoms with Gasteiger partial charge in [0, 0.05) is 49.6 Å². The molecule has 0 aliphatic carbocycles. The van der Waals surface area contributed by atoms with Gasteiger partial charge in [0.15, 0.2) is 5.65 Å². The van der Waals surface area contributed by atoms with Crippen LogP contribution in [0.3, 0.4) is 0 Å². The molecule has 6 rings (SSSR count). The van der Waals surface area contributed by atoms with Crippen LogP contribution in [0.25, 0.3) is 5.65 Å². The Balaban J connectivity index is 1.47. The summed E-state index contributed by atoms with van der Waals surface area (Å²) < 4.78 is 83.4. The smallest absolute Gasteiger partial charge is 0.452 e. The molecule has 4 aromatic heterocycles. The molecular weight excluding hydrogens is 653 g/mol. The molecule has 48 heavy (non-hydrogen) atoms. The molecule has 0 radical (unpaired) electrons. The summed E-state index contributed by atoms with van der Waals surface area (Å²) in [5.74, 6) is -3.30. The van der Waals surface area contributed by atoms with Gasteiger partial charge >= 0.3 is 12.1 Å². The van der Waals surface area contributed by atoms with E-state index in [4.69, 9.17) is 9.47 Å². The lowest BCUT2D eigenvalue weighted by Gasteiger charge is -2.38. The standard InChI is InChI=1S/C32H35F3N6O6S/c1-18-12-24-27(37-14-18)47-31(7-10-46-11-8-31)17-40(48(24,44)45)16-21-13-23(36-15-19(21)2)25(30(4,5)29(42)43)22-6-9-41-26(20(22)3)38-39-28(41)32(33,34)35/h6,9,12-15,25H,7-8,10-11,16-17H2,1-5H3,(H,42,43). The van der Waals surface area contributed by atoms with E-state index in [-0.39, 0.29) is 29.5 Å². The average Bonchev–Trinajstić information content (AvgIpc) is 3.44. The molecule has 0 bridgehead atoms. The monoisotopic (exact) mass is 688 g/mol. The zero-order valence-electron chi connectivity index (χ0n) is 27.0. The van der Waals surface area contributed by atoms with Gasteiger partial charge in [-0.3, -0.25) is 14.2 Å². The highest BCUT2D eigenvalue weighted by molar-refractivity contribution is 7.89. The van der Waals surface area contributed by atoms with Crippen LogP contribution in [-0.4, -0.2) is 73.7 Å². The Bertz CT molecular complexity index is 2020. The number of sulfonamides is 1. The summed E-state index contributed by atoms with van der Waals surface area (Å²) in [6, 6.07) is 4.63. The molecule has 1 saturated heterocycles. The second-order valence-electron chi connectivity index (χ2n) is 13.1. The highest BCUT2D eigenvalue weighted by Crippen LogP contribution is 2.44. The predicted octanol–water partition coefficient (Wildman–Crippen LogP) is 4.84. The second kappa shape index (κ2) is 11.8. The van der Waals surface area contributed by atoms with Crippen molar-refractivity contribution >= 4 is 21.6 Å². The number of aryl methyl sites for hydroxylation is 3. The molecule has 2 aliphatic heterocycles. The topological polar surface area (TPSA) is 149 Å². The van der Waals surface area contributed by atoms with Crippen molar-refractivity contribution in [3.05, 3.63) is 76.1 Å². The lowest BCUT2D eigenvalue weighted by Crippen LogP contribution is -2.50. The molecule has 0 saturated carbocycles. The fourth-order valence-corrected chi connectivity index (χ4v) is 8.11. The van der Waals surface area contributed by atoms with Gasteiger partial charge in [-0.2, -0.15) is 17.5 Å². The summed E-state index contributed by atoms with van der Waals surface area (Å²) in [6.45, 7) is 8.82. The molecule has 16 heteroatoms. The largest absolute Gasteiger partial charge is 0.481 e. The number of ether oxygens (including phenoxy) is 2. The molecular formula is C32H35F3N6O6S. The van der Waals surface area contributed by atoms with Gasteiger partial charge in [0.05, 0.1) is 25.2 Å². The normalized spacial score (nSPS) is 18.7. The van der Waals surface area contributed by atoms with Gasteiger partial charge < -0.3 is 14.6 Å². The molecule has 256 valence electrons. The number of hydrogen-bond acceptors (Lipinski definition) is 9. The molecule has 2 aliphatic rings. The number of rotatable bonds is 6. The number of aliphatic carboxylic acids is 1. The maximum absolute atomic E-state index is 14.2. The third kappa shape index (κ3) is 5.79. The Morgan fingerprint density at radius 3 is 2.46 bits per heavy atom. The fourth-order valence-electron chi connectivity index (χ4n) is 6.47. The highest BCUT2D eigenvalue weighted by Gasteiger charge is 2.46. The first-order chi connectivity index (χ1) is 22.4. The van der Waals surface area contributed by atoms with Gasteiger partial charge in [-0.1, -0.05) is 0 Å². The molecule has 1 N–H and O–H groups in total. The maximum atomic E-state index is 14.2. The molecule has 1 fully saturated rings. The number of hydrogen-bond donors (Lipinski definition) is 1. The van der Waals surface area contributed by atoms with Gasteiger partial charge in [-0.15, -0.1) is 10.2 Å². The van der Waals surface area contributed by atoms with Crippen LogP contribution >= 0.6 is 0 Å². The van der Waals surface area contributed by atoms with Gasteiger partial charge in [-0.25, -0.2) is 13.4 Å². The number of carboxylic acid groups (broad SMARTS) is 1. The summed E-state index contributed by atoms with van der Waals surface area (Å²) in [7, 11) is -4.12. The Morgan fingerprint density at radius 2 is 1.79 bits per heavy atom. The third-order valence-electron chi connectivity index (χ3n) is 9.34. The lowest BCUT2D eigenvalue weighted by atomic mass is 9.71. The fraction of sp³-hybridized carbons (Fsp3) is 0.469. The van der Waals surface area contributed by atoms with E-state index in [1.807, 2.05) is 0 Å². The van der Waals surface area contributed by atoms with Gasteiger partial charge in [-0.05, 0) is 80.6 Å². The van der Waals surface area contributed by atoms with E-state index in [1.54, 1.807) is 39.2 Å². The Kier molecular flexibility index (Phi) is 8.27. The van der Waals surface area contributed by atoms with Crippen LogP contribution < -0.4 is 4.74 Å². The number of carboxylic acids is 1. The quantitative estimate of drug-likeness (QED) is 0.298.